The number of carbonyl (C=O) groups is 2. The summed E-state index contributed by atoms with van der Waals surface area (Å²) in [6.07, 6.45) is -3.51. The van der Waals surface area contributed by atoms with Gasteiger partial charge in [0.25, 0.3) is 5.91 Å². The number of aromatic nitrogens is 2. The van der Waals surface area contributed by atoms with E-state index in [2.05, 4.69) is 15.3 Å². The van der Waals surface area contributed by atoms with E-state index in [1.807, 2.05) is 0 Å². The van der Waals surface area contributed by atoms with Crippen LogP contribution in [-0.4, -0.2) is 53.3 Å². The van der Waals surface area contributed by atoms with Crippen LogP contribution in [0.15, 0.2) is 36.5 Å². The van der Waals surface area contributed by atoms with Gasteiger partial charge in [-0.2, -0.15) is 13.2 Å². The Hall–Kier alpha value is -3.08. The monoisotopic (exact) mass is 400 g/mol. The highest BCUT2D eigenvalue weighted by Gasteiger charge is 2.38. The number of hydrogen-bond donors (Lipinski definition) is 2. The number of carbonyl (C=O) groups excluding carboxylic acids is 1. The Kier molecular flexibility index (Phi) is 6.62. The van der Waals surface area contributed by atoms with Crippen LogP contribution in [0.25, 0.3) is 0 Å². The molecule has 2 aromatic rings. The third-order valence-electron chi connectivity index (χ3n) is 3.80. The third kappa shape index (κ3) is 5.22. The molecule has 1 saturated heterocycles. The van der Waals surface area contributed by atoms with Crippen molar-refractivity contribution < 1.29 is 32.3 Å². The van der Waals surface area contributed by atoms with Gasteiger partial charge < -0.3 is 15.3 Å². The molecule has 1 aliphatic heterocycles. The lowest BCUT2D eigenvalue weighted by Crippen LogP contribution is -2.41. The van der Waals surface area contributed by atoms with Crippen molar-refractivity contribution in [2.45, 2.75) is 12.1 Å². The minimum absolute atomic E-state index is 0.230. The van der Waals surface area contributed by atoms with Gasteiger partial charge in [0.2, 0.25) is 0 Å². The van der Waals surface area contributed by atoms with E-state index in [9.17, 15) is 22.4 Å². The van der Waals surface area contributed by atoms with E-state index in [0.717, 1.165) is 13.1 Å². The molecule has 1 aliphatic rings. The Balaban J connectivity index is 0.000000345. The highest BCUT2D eigenvalue weighted by Crippen LogP contribution is 2.20. The van der Waals surface area contributed by atoms with Crippen LogP contribution in [0.5, 0.6) is 0 Å². The first kappa shape index (κ1) is 21.2. The van der Waals surface area contributed by atoms with Gasteiger partial charge in [0.05, 0.1) is 5.69 Å². The van der Waals surface area contributed by atoms with Crippen molar-refractivity contribution in [1.82, 2.24) is 15.3 Å². The predicted octanol–water partition coefficient (Wildman–Crippen LogP) is 2.21. The van der Waals surface area contributed by atoms with Crippen molar-refractivity contribution in [1.29, 1.82) is 0 Å². The Morgan fingerprint density at radius 1 is 1.21 bits per heavy atom. The topological polar surface area (TPSA) is 95.4 Å². The first-order valence-electron chi connectivity index (χ1n) is 7.97. The first-order chi connectivity index (χ1) is 13.1. The van der Waals surface area contributed by atoms with Gasteiger partial charge in [0.15, 0.2) is 0 Å². The molecule has 0 unspecified atom stereocenters. The van der Waals surface area contributed by atoms with Crippen molar-refractivity contribution in [3.8, 4) is 0 Å². The standard InChI is InChI=1S/C15H15FN4O.C2HF3O2/c1-20(13-5-3-2-4-11(13)16)15(21)12-6-7-18-14(19-12)10-8-17-9-10;3-2(4,5)1(6)7/h2-7,10,17H,8-9H2,1H3;(H,6,7). The molecule has 2 N–H and O–H groups in total. The summed E-state index contributed by atoms with van der Waals surface area (Å²) in [5.74, 6) is -2.65. The average Bonchev–Trinajstić information content (AvgIpc) is 2.59. The highest BCUT2D eigenvalue weighted by molar-refractivity contribution is 6.04. The number of rotatable bonds is 3. The van der Waals surface area contributed by atoms with Crippen molar-refractivity contribution >= 4 is 17.6 Å². The van der Waals surface area contributed by atoms with Gasteiger partial charge in [-0.1, -0.05) is 12.1 Å². The van der Waals surface area contributed by atoms with E-state index < -0.39 is 18.0 Å². The lowest BCUT2D eigenvalue weighted by molar-refractivity contribution is -0.192. The van der Waals surface area contributed by atoms with Crippen LogP contribution in [0.3, 0.4) is 0 Å². The maximum atomic E-state index is 13.8. The van der Waals surface area contributed by atoms with Crippen LogP contribution in [-0.2, 0) is 4.79 Å². The van der Waals surface area contributed by atoms with Crippen molar-refractivity contribution in [3.63, 3.8) is 0 Å². The first-order valence-corrected chi connectivity index (χ1v) is 7.97. The van der Waals surface area contributed by atoms with Gasteiger partial charge in [-0.05, 0) is 18.2 Å². The lowest BCUT2D eigenvalue weighted by atomic mass is 10.0. The minimum atomic E-state index is -5.08. The van der Waals surface area contributed by atoms with E-state index in [1.54, 1.807) is 30.5 Å². The van der Waals surface area contributed by atoms with Gasteiger partial charge >= 0.3 is 12.1 Å². The fraction of sp³-hybridized carbons (Fsp3) is 0.294. The Bertz CT molecular complexity index is 856. The number of para-hydroxylation sites is 1. The van der Waals surface area contributed by atoms with Crippen LogP contribution in [0.1, 0.15) is 22.2 Å². The molecular formula is C17H16F4N4O3. The molecule has 28 heavy (non-hydrogen) atoms. The molecule has 0 saturated carbocycles. The number of amides is 1. The van der Waals surface area contributed by atoms with Crippen LogP contribution in [0, 0.1) is 5.82 Å². The molecule has 0 atom stereocenters. The van der Waals surface area contributed by atoms with Crippen LogP contribution in [0.2, 0.25) is 0 Å². The van der Waals surface area contributed by atoms with Crippen molar-refractivity contribution in [2.75, 3.05) is 25.0 Å². The molecular weight excluding hydrogens is 384 g/mol. The second kappa shape index (κ2) is 8.74. The van der Waals surface area contributed by atoms with Crippen molar-refractivity contribution in [3.05, 3.63) is 53.9 Å². The molecule has 1 fully saturated rings. The van der Waals surface area contributed by atoms with E-state index in [0.29, 0.717) is 5.82 Å². The van der Waals surface area contributed by atoms with Gasteiger partial charge in [0.1, 0.15) is 17.3 Å². The van der Waals surface area contributed by atoms with Crippen LogP contribution >= 0.6 is 0 Å². The number of carboxylic acid groups (broad SMARTS) is 1. The summed E-state index contributed by atoms with van der Waals surface area (Å²) in [4.78, 5) is 31.1. The molecule has 1 aromatic carbocycles. The maximum Gasteiger partial charge on any atom is 0.490 e. The number of hydrogen-bond acceptors (Lipinski definition) is 5. The fourth-order valence-corrected chi connectivity index (χ4v) is 2.17. The molecule has 0 bridgehead atoms. The summed E-state index contributed by atoms with van der Waals surface area (Å²) in [6, 6.07) is 7.71. The normalized spacial score (nSPS) is 13.8. The number of aliphatic carboxylic acids is 1. The summed E-state index contributed by atoms with van der Waals surface area (Å²) in [5, 5.41) is 10.3. The maximum absolute atomic E-state index is 13.8. The zero-order valence-corrected chi connectivity index (χ0v) is 14.6. The molecule has 3 rings (SSSR count). The summed E-state index contributed by atoms with van der Waals surface area (Å²) >= 11 is 0. The second-order valence-electron chi connectivity index (χ2n) is 5.77. The fourth-order valence-electron chi connectivity index (χ4n) is 2.17. The third-order valence-corrected chi connectivity index (χ3v) is 3.80. The van der Waals surface area contributed by atoms with E-state index in [1.165, 1.54) is 18.0 Å². The predicted molar refractivity (Wildman–Crippen MR) is 90.5 cm³/mol. The lowest BCUT2D eigenvalue weighted by Gasteiger charge is -2.25. The van der Waals surface area contributed by atoms with Crippen LogP contribution in [0.4, 0.5) is 23.2 Å². The molecule has 11 heteroatoms. The molecule has 2 heterocycles. The quantitative estimate of drug-likeness (QED) is 0.768. The Morgan fingerprint density at radius 2 is 1.82 bits per heavy atom. The number of halogens is 4. The number of alkyl halides is 3. The van der Waals surface area contributed by atoms with Crippen LogP contribution < -0.4 is 10.2 Å². The summed E-state index contributed by atoms with van der Waals surface area (Å²) in [7, 11) is 1.54. The van der Waals surface area contributed by atoms with Gasteiger partial charge in [-0.3, -0.25) is 4.79 Å². The Labute approximate surface area is 157 Å². The molecule has 0 spiro atoms. The van der Waals surface area contributed by atoms with E-state index in [4.69, 9.17) is 9.90 Å². The molecule has 7 nitrogen and oxygen atoms in total. The summed E-state index contributed by atoms with van der Waals surface area (Å²) in [6.45, 7) is 1.64. The number of nitrogens with zero attached hydrogens (tertiary/aromatic N) is 3. The van der Waals surface area contributed by atoms with E-state index >= 15 is 0 Å². The molecule has 1 aromatic heterocycles. The molecule has 150 valence electrons. The average molecular weight is 400 g/mol. The Morgan fingerprint density at radius 3 is 2.32 bits per heavy atom. The smallest absolute Gasteiger partial charge is 0.475 e. The van der Waals surface area contributed by atoms with Gasteiger partial charge in [-0.15, -0.1) is 0 Å². The highest BCUT2D eigenvalue weighted by atomic mass is 19.4. The molecule has 0 radical (unpaired) electrons. The van der Waals surface area contributed by atoms with Gasteiger partial charge in [0, 0.05) is 32.3 Å². The van der Waals surface area contributed by atoms with E-state index in [-0.39, 0.29) is 23.2 Å². The SMILES string of the molecule is CN(C(=O)c1ccnc(C2CNC2)n1)c1ccccc1F.O=C(O)C(F)(F)F. The molecule has 1 amide bonds. The zero-order valence-electron chi connectivity index (χ0n) is 14.6. The summed E-state index contributed by atoms with van der Waals surface area (Å²) in [5.41, 5.74) is 0.505. The molecule has 0 aliphatic carbocycles. The zero-order chi connectivity index (χ0) is 20.9. The minimum Gasteiger partial charge on any atom is -0.475 e. The number of nitrogens with one attached hydrogen (secondary N) is 1. The number of benzene rings is 1. The van der Waals surface area contributed by atoms with Gasteiger partial charge in [-0.25, -0.2) is 19.2 Å². The second-order valence-corrected chi connectivity index (χ2v) is 5.77. The van der Waals surface area contributed by atoms with Crippen molar-refractivity contribution in [2.24, 2.45) is 0 Å². The number of anilines is 1. The summed E-state index contributed by atoms with van der Waals surface area (Å²) < 4.78 is 45.5. The largest absolute Gasteiger partial charge is 0.490 e. The number of carboxylic acids is 1.